The van der Waals surface area contributed by atoms with Crippen LogP contribution in [0.2, 0.25) is 0 Å². The van der Waals surface area contributed by atoms with Crippen LogP contribution in [0, 0.1) is 11.3 Å². The van der Waals surface area contributed by atoms with Gasteiger partial charge < -0.3 is 9.64 Å². The van der Waals surface area contributed by atoms with Crippen LogP contribution in [0.15, 0.2) is 0 Å². The molecule has 1 saturated heterocycles. The van der Waals surface area contributed by atoms with Gasteiger partial charge in [-0.3, -0.25) is 9.59 Å². The first-order valence-electron chi connectivity index (χ1n) is 6.22. The van der Waals surface area contributed by atoms with Gasteiger partial charge in [-0.15, -0.1) is 0 Å². The number of ether oxygens (including phenoxy) is 1. The van der Waals surface area contributed by atoms with Crippen LogP contribution in [0.5, 0.6) is 0 Å². The number of hydrogen-bond acceptors (Lipinski definition) is 3. The van der Waals surface area contributed by atoms with Crippen LogP contribution in [0.3, 0.4) is 0 Å². The predicted molar refractivity (Wildman–Crippen MR) is 65.4 cm³/mol. The van der Waals surface area contributed by atoms with E-state index in [0.717, 1.165) is 12.8 Å². The van der Waals surface area contributed by atoms with Crippen LogP contribution in [0.25, 0.3) is 0 Å². The van der Waals surface area contributed by atoms with Gasteiger partial charge in [0.15, 0.2) is 0 Å². The normalized spacial score (nSPS) is 18.0. The van der Waals surface area contributed by atoms with Gasteiger partial charge in [-0.25, -0.2) is 0 Å². The summed E-state index contributed by atoms with van der Waals surface area (Å²) in [5.41, 5.74) is 0.00967. The molecule has 4 nitrogen and oxygen atoms in total. The van der Waals surface area contributed by atoms with Crippen molar-refractivity contribution < 1.29 is 14.3 Å². The van der Waals surface area contributed by atoms with Gasteiger partial charge in [-0.1, -0.05) is 20.8 Å². The van der Waals surface area contributed by atoms with Crippen molar-refractivity contribution in [2.45, 2.75) is 40.5 Å². The third-order valence-corrected chi connectivity index (χ3v) is 2.92. The quantitative estimate of drug-likeness (QED) is 0.693. The molecule has 0 atom stereocenters. The van der Waals surface area contributed by atoms with Gasteiger partial charge in [0, 0.05) is 20.0 Å². The molecule has 0 N–H and O–H groups in total. The van der Waals surface area contributed by atoms with Gasteiger partial charge in [0.05, 0.1) is 12.5 Å². The van der Waals surface area contributed by atoms with Gasteiger partial charge in [-0.05, 0) is 18.3 Å². The lowest BCUT2D eigenvalue weighted by atomic mass is 9.96. The molecule has 1 fully saturated rings. The minimum absolute atomic E-state index is 0.00967. The minimum atomic E-state index is -0.108. The SMILES string of the molecule is CC(=O)N1CCC(C(=O)OCC(C)(C)C)CC1. The molecule has 0 bridgehead atoms. The van der Waals surface area contributed by atoms with Crippen molar-refractivity contribution in [2.75, 3.05) is 19.7 Å². The van der Waals surface area contributed by atoms with Crippen molar-refractivity contribution in [1.29, 1.82) is 0 Å². The van der Waals surface area contributed by atoms with E-state index in [1.807, 2.05) is 20.8 Å². The fourth-order valence-electron chi connectivity index (χ4n) is 1.84. The highest BCUT2D eigenvalue weighted by Crippen LogP contribution is 2.20. The summed E-state index contributed by atoms with van der Waals surface area (Å²) < 4.78 is 5.30. The molecule has 1 heterocycles. The summed E-state index contributed by atoms with van der Waals surface area (Å²) >= 11 is 0. The van der Waals surface area contributed by atoms with Crippen molar-refractivity contribution in [2.24, 2.45) is 11.3 Å². The van der Waals surface area contributed by atoms with E-state index in [4.69, 9.17) is 4.74 Å². The van der Waals surface area contributed by atoms with Crippen LogP contribution in [0.4, 0.5) is 0 Å². The zero-order chi connectivity index (χ0) is 13.1. The molecule has 0 saturated carbocycles. The van der Waals surface area contributed by atoms with Crippen LogP contribution >= 0.6 is 0 Å². The Hall–Kier alpha value is -1.06. The summed E-state index contributed by atoms with van der Waals surface area (Å²) in [6.45, 7) is 9.49. The van der Waals surface area contributed by atoms with Crippen molar-refractivity contribution in [1.82, 2.24) is 4.90 Å². The highest BCUT2D eigenvalue weighted by molar-refractivity contribution is 5.75. The Balaban J connectivity index is 2.33. The van der Waals surface area contributed by atoms with Crippen LogP contribution in [0.1, 0.15) is 40.5 Å². The highest BCUT2D eigenvalue weighted by atomic mass is 16.5. The van der Waals surface area contributed by atoms with Gasteiger partial charge >= 0.3 is 5.97 Å². The number of likely N-dealkylation sites (tertiary alicyclic amines) is 1. The maximum Gasteiger partial charge on any atom is 0.309 e. The fraction of sp³-hybridized carbons (Fsp3) is 0.846. The van der Waals surface area contributed by atoms with Gasteiger partial charge in [-0.2, -0.15) is 0 Å². The Labute approximate surface area is 103 Å². The molecule has 0 aromatic carbocycles. The van der Waals surface area contributed by atoms with Crippen molar-refractivity contribution in [3.63, 3.8) is 0 Å². The highest BCUT2D eigenvalue weighted by Gasteiger charge is 2.27. The molecule has 1 aliphatic heterocycles. The maximum absolute atomic E-state index is 11.8. The van der Waals surface area contributed by atoms with E-state index in [9.17, 15) is 9.59 Å². The van der Waals surface area contributed by atoms with Crippen LogP contribution < -0.4 is 0 Å². The zero-order valence-electron chi connectivity index (χ0n) is 11.3. The summed E-state index contributed by atoms with van der Waals surface area (Å²) in [5.74, 6) is -0.0532. The van der Waals surface area contributed by atoms with Gasteiger partial charge in [0.25, 0.3) is 0 Å². The zero-order valence-corrected chi connectivity index (χ0v) is 11.3. The van der Waals surface area contributed by atoms with Crippen LogP contribution in [-0.2, 0) is 14.3 Å². The lowest BCUT2D eigenvalue weighted by Gasteiger charge is -2.30. The molecular formula is C13H23NO3. The molecule has 98 valence electrons. The largest absolute Gasteiger partial charge is 0.465 e. The van der Waals surface area contributed by atoms with E-state index < -0.39 is 0 Å². The number of carbonyl (C=O) groups is 2. The van der Waals surface area contributed by atoms with Crippen molar-refractivity contribution in [3.8, 4) is 0 Å². The fourth-order valence-corrected chi connectivity index (χ4v) is 1.84. The molecule has 4 heteroatoms. The van der Waals surface area contributed by atoms with E-state index >= 15 is 0 Å². The maximum atomic E-state index is 11.8. The molecule has 1 rings (SSSR count). The molecule has 0 spiro atoms. The summed E-state index contributed by atoms with van der Waals surface area (Å²) in [5, 5.41) is 0. The molecule has 0 radical (unpaired) electrons. The molecule has 0 aromatic heterocycles. The average Bonchev–Trinajstić information content (AvgIpc) is 2.25. The molecule has 0 unspecified atom stereocenters. The first-order valence-corrected chi connectivity index (χ1v) is 6.22. The lowest BCUT2D eigenvalue weighted by Crippen LogP contribution is -2.39. The Bertz CT molecular complexity index is 286. The summed E-state index contributed by atoms with van der Waals surface area (Å²) in [7, 11) is 0. The smallest absolute Gasteiger partial charge is 0.309 e. The van der Waals surface area contributed by atoms with E-state index in [-0.39, 0.29) is 23.2 Å². The molecule has 1 amide bonds. The van der Waals surface area contributed by atoms with Crippen molar-refractivity contribution >= 4 is 11.9 Å². The molecular weight excluding hydrogens is 218 g/mol. The Morgan fingerprint density at radius 3 is 2.18 bits per heavy atom. The monoisotopic (exact) mass is 241 g/mol. The Morgan fingerprint density at radius 2 is 1.76 bits per heavy atom. The number of carbonyl (C=O) groups excluding carboxylic acids is 2. The first kappa shape index (κ1) is 14.0. The number of amides is 1. The second-order valence-corrected chi connectivity index (χ2v) is 5.95. The van der Waals surface area contributed by atoms with Crippen LogP contribution in [-0.4, -0.2) is 36.5 Å². The second kappa shape index (κ2) is 5.52. The number of nitrogens with zero attached hydrogens (tertiary/aromatic N) is 1. The second-order valence-electron chi connectivity index (χ2n) is 5.95. The average molecular weight is 241 g/mol. The number of hydrogen-bond donors (Lipinski definition) is 0. The number of rotatable bonds is 2. The standard InChI is InChI=1S/C13H23NO3/c1-10(15)14-7-5-11(6-8-14)12(16)17-9-13(2,3)4/h11H,5-9H2,1-4H3. The first-order chi connectivity index (χ1) is 7.79. The third-order valence-electron chi connectivity index (χ3n) is 2.92. The predicted octanol–water partition coefficient (Wildman–Crippen LogP) is 1.83. The Kier molecular flexibility index (Phi) is 4.54. The summed E-state index contributed by atoms with van der Waals surface area (Å²) in [4.78, 5) is 24.7. The number of esters is 1. The lowest BCUT2D eigenvalue weighted by molar-refractivity contribution is -0.154. The van der Waals surface area contributed by atoms with Crippen molar-refractivity contribution in [3.05, 3.63) is 0 Å². The van der Waals surface area contributed by atoms with Gasteiger partial charge in [0.1, 0.15) is 0 Å². The Morgan fingerprint density at radius 1 is 1.24 bits per heavy atom. The topological polar surface area (TPSA) is 46.6 Å². The summed E-state index contributed by atoms with van der Waals surface area (Å²) in [6, 6.07) is 0. The molecule has 1 aliphatic rings. The van der Waals surface area contributed by atoms with Gasteiger partial charge in [0.2, 0.25) is 5.91 Å². The third kappa shape index (κ3) is 4.75. The van der Waals surface area contributed by atoms with E-state index in [1.54, 1.807) is 11.8 Å². The van der Waals surface area contributed by atoms with E-state index in [0.29, 0.717) is 19.7 Å². The molecule has 17 heavy (non-hydrogen) atoms. The van der Waals surface area contributed by atoms with E-state index in [2.05, 4.69) is 0 Å². The molecule has 0 aliphatic carbocycles. The summed E-state index contributed by atoms with van der Waals surface area (Å²) in [6.07, 6.45) is 1.45. The number of piperidine rings is 1. The van der Waals surface area contributed by atoms with E-state index in [1.165, 1.54) is 0 Å². The minimum Gasteiger partial charge on any atom is -0.465 e. The molecule has 0 aromatic rings.